The Morgan fingerprint density at radius 3 is 2.67 bits per heavy atom. The van der Waals surface area contributed by atoms with Crippen LogP contribution in [0.15, 0.2) is 33.9 Å². The van der Waals surface area contributed by atoms with Gasteiger partial charge in [-0.1, -0.05) is 39.3 Å². The number of carbonyl (C=O) groups is 1. The first-order valence-corrected chi connectivity index (χ1v) is 10.2. The molecule has 162 valence electrons. The van der Waals surface area contributed by atoms with E-state index >= 15 is 0 Å². The van der Waals surface area contributed by atoms with Crippen molar-refractivity contribution in [3.63, 3.8) is 0 Å². The van der Waals surface area contributed by atoms with E-state index in [1.807, 2.05) is 26.8 Å². The number of carbonyl (C=O) groups excluding carboxylic acids is 1. The van der Waals surface area contributed by atoms with Crippen molar-refractivity contribution in [2.24, 2.45) is 5.92 Å². The Bertz CT molecular complexity index is 1030. The normalized spacial score (nSPS) is 15.3. The Hall–Kier alpha value is -3.23. The summed E-state index contributed by atoms with van der Waals surface area (Å²) in [5.74, 6) is 0.674. The lowest BCUT2D eigenvalue weighted by atomic mass is 10.2. The Kier molecular flexibility index (Phi) is 6.49. The average molecular weight is 416 g/mol. The van der Waals surface area contributed by atoms with Gasteiger partial charge in [-0.25, -0.2) is 4.79 Å². The minimum atomic E-state index is -0.930. The van der Waals surface area contributed by atoms with Crippen LogP contribution < -0.4 is 31.4 Å². The summed E-state index contributed by atoms with van der Waals surface area (Å²) in [4.78, 5) is 41.9. The number of unbranched alkanes of at least 4 members (excludes halogenated alkanes) is 1. The number of nitrogens with one attached hydrogen (secondary N) is 1. The number of H-pyrrole nitrogens is 1. The van der Waals surface area contributed by atoms with Gasteiger partial charge in [-0.3, -0.25) is 19.1 Å². The molecule has 0 aliphatic carbocycles. The van der Waals surface area contributed by atoms with Crippen LogP contribution in [0.1, 0.15) is 33.6 Å². The van der Waals surface area contributed by atoms with Gasteiger partial charge in [0.2, 0.25) is 6.10 Å². The highest BCUT2D eigenvalue weighted by molar-refractivity contribution is 5.98. The number of hydrogen-bond acceptors (Lipinski definition) is 6. The fourth-order valence-corrected chi connectivity index (χ4v) is 3.35. The summed E-state index contributed by atoms with van der Waals surface area (Å²) in [5, 5.41) is 0. The molecular formula is C21H28N4O5. The van der Waals surface area contributed by atoms with E-state index in [4.69, 9.17) is 15.2 Å². The number of fused-ring (bicyclic) bond motifs is 1. The second-order valence-corrected chi connectivity index (χ2v) is 7.71. The molecule has 0 spiro atoms. The van der Waals surface area contributed by atoms with E-state index in [-0.39, 0.29) is 30.6 Å². The minimum absolute atomic E-state index is 0.0158. The summed E-state index contributed by atoms with van der Waals surface area (Å²) >= 11 is 0. The van der Waals surface area contributed by atoms with Gasteiger partial charge in [0.05, 0.1) is 0 Å². The van der Waals surface area contributed by atoms with Gasteiger partial charge in [0, 0.05) is 13.1 Å². The molecule has 3 rings (SSSR count). The van der Waals surface area contributed by atoms with Gasteiger partial charge in [0.25, 0.3) is 11.5 Å². The summed E-state index contributed by atoms with van der Waals surface area (Å²) < 4.78 is 12.8. The van der Waals surface area contributed by atoms with E-state index in [0.29, 0.717) is 24.5 Å². The summed E-state index contributed by atoms with van der Waals surface area (Å²) in [5.41, 5.74) is 4.91. The first kappa shape index (κ1) is 21.5. The van der Waals surface area contributed by atoms with Gasteiger partial charge < -0.3 is 20.1 Å². The van der Waals surface area contributed by atoms with E-state index < -0.39 is 23.3 Å². The predicted molar refractivity (Wildman–Crippen MR) is 114 cm³/mol. The quantitative estimate of drug-likeness (QED) is 0.710. The van der Waals surface area contributed by atoms with Crippen LogP contribution in [-0.2, 0) is 11.3 Å². The monoisotopic (exact) mass is 416 g/mol. The zero-order valence-corrected chi connectivity index (χ0v) is 17.5. The average Bonchev–Trinajstić information content (AvgIpc) is 2.72. The van der Waals surface area contributed by atoms with Gasteiger partial charge >= 0.3 is 5.69 Å². The number of rotatable bonds is 7. The number of para-hydroxylation sites is 2. The number of benzene rings is 1. The second kappa shape index (κ2) is 9.06. The predicted octanol–water partition coefficient (Wildman–Crippen LogP) is 1.75. The van der Waals surface area contributed by atoms with Crippen LogP contribution in [0.4, 0.5) is 11.5 Å². The standard InChI is InChI=1S/C21H28N4O5/c1-4-5-10-24(17-18(22)25(11-13(2)3)21(28)23-19(17)26)20(27)16-12-29-14-8-6-7-9-15(14)30-16/h6-9,13,16H,4-5,10-12,22H2,1-3H3,(H,23,26,28)/t16-/m0/s1. The number of nitrogens with two attached hydrogens (primary N) is 1. The van der Waals surface area contributed by atoms with Crippen LogP contribution in [0.25, 0.3) is 0 Å². The first-order valence-electron chi connectivity index (χ1n) is 10.2. The van der Waals surface area contributed by atoms with Crippen LogP contribution in [0.2, 0.25) is 0 Å². The Balaban J connectivity index is 2.00. The second-order valence-electron chi connectivity index (χ2n) is 7.71. The molecule has 9 nitrogen and oxygen atoms in total. The maximum absolute atomic E-state index is 13.4. The molecule has 3 N–H and O–H groups in total. The Morgan fingerprint density at radius 2 is 2.00 bits per heavy atom. The number of amides is 1. The van der Waals surface area contributed by atoms with Crippen LogP contribution in [0.3, 0.4) is 0 Å². The van der Waals surface area contributed by atoms with Crippen molar-refractivity contribution in [3.8, 4) is 11.5 Å². The van der Waals surface area contributed by atoms with E-state index in [1.54, 1.807) is 18.2 Å². The maximum atomic E-state index is 13.4. The molecule has 0 fully saturated rings. The van der Waals surface area contributed by atoms with Crippen molar-refractivity contribution in [2.45, 2.75) is 46.3 Å². The fraction of sp³-hybridized carbons (Fsp3) is 0.476. The number of nitrogen functional groups attached to an aromatic ring is 1. The lowest BCUT2D eigenvalue weighted by Gasteiger charge is -2.31. The van der Waals surface area contributed by atoms with Gasteiger partial charge in [0.15, 0.2) is 17.2 Å². The summed E-state index contributed by atoms with van der Waals surface area (Å²) in [6.45, 7) is 6.45. The maximum Gasteiger partial charge on any atom is 0.330 e. The lowest BCUT2D eigenvalue weighted by Crippen LogP contribution is -2.50. The number of ether oxygens (including phenoxy) is 2. The molecule has 0 unspecified atom stereocenters. The van der Waals surface area contributed by atoms with Gasteiger partial charge in [-0.15, -0.1) is 0 Å². The molecule has 0 bridgehead atoms. The molecule has 0 saturated heterocycles. The first-order chi connectivity index (χ1) is 14.3. The number of hydrogen-bond donors (Lipinski definition) is 2. The summed E-state index contributed by atoms with van der Waals surface area (Å²) in [6, 6.07) is 7.08. The number of aromatic amines is 1. The molecule has 30 heavy (non-hydrogen) atoms. The van der Waals surface area contributed by atoms with E-state index in [0.717, 1.165) is 6.42 Å². The summed E-state index contributed by atoms with van der Waals surface area (Å²) in [6.07, 6.45) is 0.525. The van der Waals surface area contributed by atoms with Crippen molar-refractivity contribution in [3.05, 3.63) is 45.1 Å². The lowest BCUT2D eigenvalue weighted by molar-refractivity contribution is -0.127. The number of aromatic nitrogens is 2. The van der Waals surface area contributed by atoms with E-state index in [9.17, 15) is 14.4 Å². The van der Waals surface area contributed by atoms with Crippen molar-refractivity contribution in [1.29, 1.82) is 0 Å². The van der Waals surface area contributed by atoms with Crippen molar-refractivity contribution < 1.29 is 14.3 Å². The van der Waals surface area contributed by atoms with E-state index in [1.165, 1.54) is 9.47 Å². The molecular weight excluding hydrogens is 388 g/mol. The fourth-order valence-electron chi connectivity index (χ4n) is 3.35. The molecule has 9 heteroatoms. The number of nitrogens with zero attached hydrogens (tertiary/aromatic N) is 2. The molecule has 1 aliphatic rings. The smallest absolute Gasteiger partial charge is 0.330 e. The van der Waals surface area contributed by atoms with Crippen LogP contribution >= 0.6 is 0 Å². The molecule has 0 saturated carbocycles. The third kappa shape index (κ3) is 4.34. The number of anilines is 2. The largest absolute Gasteiger partial charge is 0.485 e. The summed E-state index contributed by atoms with van der Waals surface area (Å²) in [7, 11) is 0. The highest BCUT2D eigenvalue weighted by Gasteiger charge is 2.34. The molecule has 0 radical (unpaired) electrons. The SMILES string of the molecule is CCCCN(C(=O)[C@@H]1COc2ccccc2O1)c1c(N)n(CC(C)C)c(=O)[nH]c1=O. The zero-order chi connectivity index (χ0) is 21.8. The molecule has 1 aliphatic heterocycles. The Labute approximate surface area is 174 Å². The minimum Gasteiger partial charge on any atom is -0.485 e. The third-order valence-electron chi connectivity index (χ3n) is 4.82. The zero-order valence-electron chi connectivity index (χ0n) is 17.5. The van der Waals surface area contributed by atoms with Gasteiger partial charge in [-0.2, -0.15) is 0 Å². The Morgan fingerprint density at radius 1 is 1.30 bits per heavy atom. The van der Waals surface area contributed by atoms with Crippen molar-refractivity contribution in [1.82, 2.24) is 9.55 Å². The van der Waals surface area contributed by atoms with Crippen LogP contribution in [0.5, 0.6) is 11.5 Å². The molecule has 1 aromatic heterocycles. The molecule has 2 heterocycles. The van der Waals surface area contributed by atoms with Crippen molar-refractivity contribution in [2.75, 3.05) is 23.8 Å². The molecule has 2 aromatic rings. The molecule has 1 atom stereocenters. The molecule has 1 aromatic carbocycles. The third-order valence-corrected chi connectivity index (χ3v) is 4.82. The van der Waals surface area contributed by atoms with Crippen LogP contribution in [0, 0.1) is 5.92 Å². The van der Waals surface area contributed by atoms with Gasteiger partial charge in [-0.05, 0) is 24.5 Å². The van der Waals surface area contributed by atoms with E-state index in [2.05, 4.69) is 4.98 Å². The van der Waals surface area contributed by atoms with Gasteiger partial charge in [0.1, 0.15) is 12.4 Å². The van der Waals surface area contributed by atoms with Crippen LogP contribution in [-0.4, -0.2) is 34.7 Å². The van der Waals surface area contributed by atoms with Crippen molar-refractivity contribution >= 4 is 17.4 Å². The highest BCUT2D eigenvalue weighted by atomic mass is 16.6. The highest BCUT2D eigenvalue weighted by Crippen LogP contribution is 2.32. The topological polar surface area (TPSA) is 120 Å². The molecule has 1 amide bonds.